The van der Waals surface area contributed by atoms with Gasteiger partial charge < -0.3 is 19.8 Å². The Labute approximate surface area is 120 Å². The van der Waals surface area contributed by atoms with Crippen LogP contribution in [0.3, 0.4) is 0 Å². The first-order chi connectivity index (χ1) is 9.61. The number of hydrogen-bond acceptors (Lipinski definition) is 4. The molecule has 1 aliphatic heterocycles. The molecule has 3 atom stereocenters. The molecule has 0 saturated carbocycles. The summed E-state index contributed by atoms with van der Waals surface area (Å²) >= 11 is 0. The molecule has 20 heavy (non-hydrogen) atoms. The van der Waals surface area contributed by atoms with Crippen molar-refractivity contribution in [3.8, 4) is 0 Å². The molecule has 5 nitrogen and oxygen atoms in total. The molecule has 2 heterocycles. The van der Waals surface area contributed by atoms with E-state index in [-0.39, 0.29) is 23.9 Å². The van der Waals surface area contributed by atoms with E-state index in [1.54, 1.807) is 0 Å². The van der Waals surface area contributed by atoms with Crippen molar-refractivity contribution in [2.75, 3.05) is 19.8 Å². The molecule has 3 unspecified atom stereocenters. The summed E-state index contributed by atoms with van der Waals surface area (Å²) in [5.41, 5.74) is 0. The average Bonchev–Trinajstić information content (AvgIpc) is 3.04. The largest absolute Gasteiger partial charge is 0.464 e. The molecule has 0 aromatic carbocycles. The Hall–Kier alpha value is -1.33. The summed E-state index contributed by atoms with van der Waals surface area (Å²) in [6, 6.07) is 3.80. The Morgan fingerprint density at radius 2 is 2.25 bits per heavy atom. The Bertz CT molecular complexity index is 444. The molecule has 2 N–H and O–H groups in total. The molecule has 0 radical (unpaired) electrons. The zero-order valence-electron chi connectivity index (χ0n) is 12.4. The van der Waals surface area contributed by atoms with Crippen LogP contribution < -0.4 is 10.6 Å². The second-order valence-electron chi connectivity index (χ2n) is 5.38. The Morgan fingerprint density at radius 1 is 1.45 bits per heavy atom. The van der Waals surface area contributed by atoms with Crippen molar-refractivity contribution in [1.82, 2.24) is 10.6 Å². The molecule has 1 aromatic heterocycles. The molecule has 5 heteroatoms. The third-order valence-corrected chi connectivity index (χ3v) is 3.62. The van der Waals surface area contributed by atoms with Crippen LogP contribution in [0.1, 0.15) is 37.8 Å². The van der Waals surface area contributed by atoms with Crippen molar-refractivity contribution in [3.63, 3.8) is 0 Å². The third kappa shape index (κ3) is 3.61. The molecule has 1 aromatic rings. The first kappa shape index (κ1) is 15.1. The van der Waals surface area contributed by atoms with Gasteiger partial charge in [-0.2, -0.15) is 0 Å². The van der Waals surface area contributed by atoms with E-state index in [4.69, 9.17) is 9.15 Å². The van der Waals surface area contributed by atoms with E-state index < -0.39 is 0 Å². The van der Waals surface area contributed by atoms with Gasteiger partial charge in [-0.25, -0.2) is 0 Å². The zero-order chi connectivity index (χ0) is 14.5. The number of aryl methyl sites for hydroxylation is 1. The maximum absolute atomic E-state index is 12.3. The summed E-state index contributed by atoms with van der Waals surface area (Å²) in [6.45, 7) is 7.93. The maximum Gasteiger partial charge on any atom is 0.227 e. The fraction of sp³-hybridized carbons (Fsp3) is 0.667. The van der Waals surface area contributed by atoms with Crippen molar-refractivity contribution in [2.24, 2.45) is 5.92 Å². The van der Waals surface area contributed by atoms with Crippen molar-refractivity contribution >= 4 is 5.91 Å². The highest BCUT2D eigenvalue weighted by atomic mass is 16.5. The maximum atomic E-state index is 12.3. The van der Waals surface area contributed by atoms with Crippen LogP contribution in [-0.2, 0) is 9.53 Å². The van der Waals surface area contributed by atoms with Crippen LogP contribution in [0.5, 0.6) is 0 Å². The lowest BCUT2D eigenvalue weighted by Gasteiger charge is -2.20. The Balaban J connectivity index is 1.90. The lowest BCUT2D eigenvalue weighted by molar-refractivity contribution is -0.126. The molecule has 0 spiro atoms. The number of carbonyl (C=O) groups excluding carboxylic acids is 1. The summed E-state index contributed by atoms with van der Waals surface area (Å²) in [6.07, 6.45) is 1.05. The number of hydrogen-bond donors (Lipinski definition) is 2. The van der Waals surface area contributed by atoms with Gasteiger partial charge in [0.2, 0.25) is 5.91 Å². The predicted molar refractivity (Wildman–Crippen MR) is 76.4 cm³/mol. The lowest BCUT2D eigenvalue weighted by atomic mass is 10.0. The molecule has 0 bridgehead atoms. The van der Waals surface area contributed by atoms with Gasteiger partial charge in [-0.05, 0) is 38.9 Å². The number of ether oxygens (including phenoxy) is 1. The van der Waals surface area contributed by atoms with Gasteiger partial charge in [0, 0.05) is 6.04 Å². The van der Waals surface area contributed by atoms with Crippen molar-refractivity contribution in [3.05, 3.63) is 23.7 Å². The topological polar surface area (TPSA) is 63.5 Å². The number of carbonyl (C=O) groups is 1. The molecular weight excluding hydrogens is 256 g/mol. The summed E-state index contributed by atoms with van der Waals surface area (Å²) in [5, 5.41) is 6.38. The number of rotatable bonds is 6. The first-order valence-corrected chi connectivity index (χ1v) is 7.29. The van der Waals surface area contributed by atoms with Crippen LogP contribution in [0.2, 0.25) is 0 Å². The van der Waals surface area contributed by atoms with Gasteiger partial charge in [0.05, 0.1) is 25.2 Å². The SMILES string of the molecule is CCCNC1COCC1C(=O)NC(C)c1ccc(C)o1. The van der Waals surface area contributed by atoms with Crippen LogP contribution in [0, 0.1) is 12.8 Å². The second kappa shape index (κ2) is 6.90. The molecule has 112 valence electrons. The minimum Gasteiger partial charge on any atom is -0.464 e. The minimum atomic E-state index is -0.125. The fourth-order valence-corrected chi connectivity index (χ4v) is 2.42. The number of amides is 1. The van der Waals surface area contributed by atoms with Gasteiger partial charge in [0.1, 0.15) is 11.5 Å². The van der Waals surface area contributed by atoms with E-state index in [2.05, 4.69) is 17.6 Å². The third-order valence-electron chi connectivity index (χ3n) is 3.62. The van der Waals surface area contributed by atoms with E-state index >= 15 is 0 Å². The van der Waals surface area contributed by atoms with Crippen LogP contribution in [-0.4, -0.2) is 31.7 Å². The van der Waals surface area contributed by atoms with Gasteiger partial charge in [0.25, 0.3) is 0 Å². The van der Waals surface area contributed by atoms with E-state index in [1.807, 2.05) is 26.0 Å². The van der Waals surface area contributed by atoms with Crippen molar-refractivity contribution in [2.45, 2.75) is 39.3 Å². The number of furan rings is 1. The highest BCUT2D eigenvalue weighted by Crippen LogP contribution is 2.19. The molecule has 2 rings (SSSR count). The highest BCUT2D eigenvalue weighted by molar-refractivity contribution is 5.80. The average molecular weight is 280 g/mol. The first-order valence-electron chi connectivity index (χ1n) is 7.29. The van der Waals surface area contributed by atoms with Crippen LogP contribution >= 0.6 is 0 Å². The quantitative estimate of drug-likeness (QED) is 0.834. The Morgan fingerprint density at radius 3 is 2.90 bits per heavy atom. The molecule has 1 aliphatic rings. The summed E-state index contributed by atoms with van der Waals surface area (Å²) < 4.78 is 11.0. The fourth-order valence-electron chi connectivity index (χ4n) is 2.42. The minimum absolute atomic E-state index is 0.0256. The lowest BCUT2D eigenvalue weighted by Crippen LogP contribution is -2.44. The summed E-state index contributed by atoms with van der Waals surface area (Å²) in [7, 11) is 0. The molecule has 1 amide bonds. The molecular formula is C15H24N2O3. The smallest absolute Gasteiger partial charge is 0.227 e. The van der Waals surface area contributed by atoms with Crippen LogP contribution in [0.25, 0.3) is 0 Å². The highest BCUT2D eigenvalue weighted by Gasteiger charge is 2.34. The summed E-state index contributed by atoms with van der Waals surface area (Å²) in [5.74, 6) is 1.54. The van der Waals surface area contributed by atoms with Gasteiger partial charge in [0.15, 0.2) is 0 Å². The van der Waals surface area contributed by atoms with Crippen molar-refractivity contribution in [1.29, 1.82) is 0 Å². The van der Waals surface area contributed by atoms with Gasteiger partial charge in [-0.15, -0.1) is 0 Å². The van der Waals surface area contributed by atoms with Gasteiger partial charge in [-0.3, -0.25) is 4.79 Å². The van der Waals surface area contributed by atoms with Gasteiger partial charge >= 0.3 is 0 Å². The Kier molecular flexibility index (Phi) is 5.20. The predicted octanol–water partition coefficient (Wildman–Crippen LogP) is 1.78. The van der Waals surface area contributed by atoms with E-state index in [1.165, 1.54) is 0 Å². The standard InChI is InChI=1S/C15H24N2O3/c1-4-7-16-13-9-19-8-12(13)15(18)17-11(3)14-6-5-10(2)20-14/h5-6,11-13,16H,4,7-9H2,1-3H3,(H,17,18). The van der Waals surface area contributed by atoms with Gasteiger partial charge in [-0.1, -0.05) is 6.92 Å². The molecule has 1 saturated heterocycles. The van der Waals surface area contributed by atoms with E-state index in [0.717, 1.165) is 24.5 Å². The molecule has 0 aliphatic carbocycles. The monoisotopic (exact) mass is 280 g/mol. The second-order valence-corrected chi connectivity index (χ2v) is 5.38. The van der Waals surface area contributed by atoms with E-state index in [9.17, 15) is 4.79 Å². The van der Waals surface area contributed by atoms with Crippen LogP contribution in [0.4, 0.5) is 0 Å². The normalized spacial score (nSPS) is 23.8. The summed E-state index contributed by atoms with van der Waals surface area (Å²) in [4.78, 5) is 12.3. The number of nitrogens with one attached hydrogen (secondary N) is 2. The van der Waals surface area contributed by atoms with Crippen molar-refractivity contribution < 1.29 is 13.9 Å². The zero-order valence-corrected chi connectivity index (χ0v) is 12.4. The van der Waals surface area contributed by atoms with Crippen LogP contribution in [0.15, 0.2) is 16.5 Å². The molecule has 1 fully saturated rings. The van der Waals surface area contributed by atoms with E-state index in [0.29, 0.717) is 13.2 Å².